The molecule has 5 nitrogen and oxygen atoms in total. The van der Waals surface area contributed by atoms with E-state index in [2.05, 4.69) is 25.9 Å². The SMILES string of the molecule is COc1cc(C(C)(C)C)c(OC)cc1-c1cc(N)n(C)n1. The van der Waals surface area contributed by atoms with Gasteiger partial charge in [0.1, 0.15) is 17.3 Å². The van der Waals surface area contributed by atoms with Crippen molar-refractivity contribution in [1.82, 2.24) is 9.78 Å². The number of nitrogens with two attached hydrogens (primary N) is 1. The summed E-state index contributed by atoms with van der Waals surface area (Å²) in [6, 6.07) is 5.80. The number of nitrogen functional groups attached to an aromatic ring is 1. The van der Waals surface area contributed by atoms with Gasteiger partial charge in [0.2, 0.25) is 0 Å². The molecule has 0 atom stereocenters. The second-order valence-corrected chi connectivity index (χ2v) is 6.08. The molecule has 0 fully saturated rings. The minimum absolute atomic E-state index is 0.0414. The molecule has 1 aromatic heterocycles. The van der Waals surface area contributed by atoms with Gasteiger partial charge in [0.15, 0.2) is 0 Å². The Kier molecular flexibility index (Phi) is 3.85. The van der Waals surface area contributed by atoms with E-state index in [0.29, 0.717) is 5.82 Å². The number of benzene rings is 1. The Labute approximate surface area is 125 Å². The maximum atomic E-state index is 5.87. The lowest BCUT2D eigenvalue weighted by Crippen LogP contribution is -2.13. The van der Waals surface area contributed by atoms with Crippen LogP contribution in [0, 0.1) is 0 Å². The number of methoxy groups -OCH3 is 2. The Balaban J connectivity index is 2.67. The van der Waals surface area contributed by atoms with Crippen LogP contribution in [-0.2, 0) is 12.5 Å². The number of hydrogen-bond acceptors (Lipinski definition) is 4. The molecule has 21 heavy (non-hydrogen) atoms. The first-order valence-electron chi connectivity index (χ1n) is 6.84. The summed E-state index contributed by atoms with van der Waals surface area (Å²) in [6.07, 6.45) is 0. The molecule has 0 aliphatic rings. The second-order valence-electron chi connectivity index (χ2n) is 6.08. The monoisotopic (exact) mass is 289 g/mol. The van der Waals surface area contributed by atoms with Gasteiger partial charge < -0.3 is 15.2 Å². The number of rotatable bonds is 3. The first kappa shape index (κ1) is 15.2. The molecule has 2 N–H and O–H groups in total. The predicted octanol–water partition coefficient (Wildman–Crippen LogP) is 2.98. The zero-order chi connectivity index (χ0) is 15.8. The van der Waals surface area contributed by atoms with E-state index in [9.17, 15) is 0 Å². The number of anilines is 1. The summed E-state index contributed by atoms with van der Waals surface area (Å²) in [4.78, 5) is 0. The quantitative estimate of drug-likeness (QED) is 0.943. The Morgan fingerprint density at radius 3 is 2.10 bits per heavy atom. The van der Waals surface area contributed by atoms with E-state index in [-0.39, 0.29) is 5.41 Å². The van der Waals surface area contributed by atoms with Crippen molar-refractivity contribution in [1.29, 1.82) is 0 Å². The lowest BCUT2D eigenvalue weighted by molar-refractivity contribution is 0.389. The van der Waals surface area contributed by atoms with Crippen molar-refractivity contribution in [3.05, 3.63) is 23.8 Å². The molecule has 0 unspecified atom stereocenters. The number of nitrogens with zero attached hydrogens (tertiary/aromatic N) is 2. The Hall–Kier alpha value is -2.17. The first-order chi connectivity index (χ1) is 9.77. The summed E-state index contributed by atoms with van der Waals surface area (Å²) in [5, 5.41) is 4.41. The molecule has 0 saturated carbocycles. The molecule has 2 aromatic rings. The normalized spacial score (nSPS) is 11.5. The van der Waals surface area contributed by atoms with Gasteiger partial charge in [-0.1, -0.05) is 20.8 Å². The predicted molar refractivity (Wildman–Crippen MR) is 84.9 cm³/mol. The highest BCUT2D eigenvalue weighted by Gasteiger charge is 2.23. The van der Waals surface area contributed by atoms with Crippen LogP contribution in [0.4, 0.5) is 5.82 Å². The largest absolute Gasteiger partial charge is 0.496 e. The van der Waals surface area contributed by atoms with Gasteiger partial charge in [-0.05, 0) is 17.5 Å². The molecule has 0 bridgehead atoms. The van der Waals surface area contributed by atoms with Crippen LogP contribution in [0.5, 0.6) is 11.5 Å². The molecule has 0 saturated heterocycles. The summed E-state index contributed by atoms with van der Waals surface area (Å²) in [5.41, 5.74) is 8.56. The van der Waals surface area contributed by atoms with Crippen LogP contribution >= 0.6 is 0 Å². The van der Waals surface area contributed by atoms with E-state index < -0.39 is 0 Å². The Bertz CT molecular complexity index is 635. The zero-order valence-electron chi connectivity index (χ0n) is 13.5. The topological polar surface area (TPSA) is 62.3 Å². The third-order valence-electron chi connectivity index (χ3n) is 3.52. The summed E-state index contributed by atoms with van der Waals surface area (Å²) < 4.78 is 12.7. The molecular formula is C16H23N3O2. The molecule has 5 heteroatoms. The van der Waals surface area contributed by atoms with Crippen LogP contribution in [0.25, 0.3) is 11.3 Å². The van der Waals surface area contributed by atoms with Crippen LogP contribution in [0.15, 0.2) is 18.2 Å². The maximum Gasteiger partial charge on any atom is 0.128 e. The molecule has 0 amide bonds. The maximum absolute atomic E-state index is 5.87. The molecule has 0 spiro atoms. The summed E-state index contributed by atoms with van der Waals surface area (Å²) in [7, 11) is 5.14. The van der Waals surface area contributed by atoms with Crippen LogP contribution in [0.1, 0.15) is 26.3 Å². The molecule has 0 radical (unpaired) electrons. The Morgan fingerprint density at radius 2 is 1.67 bits per heavy atom. The van der Waals surface area contributed by atoms with Gasteiger partial charge in [-0.2, -0.15) is 5.10 Å². The van der Waals surface area contributed by atoms with Gasteiger partial charge in [-0.25, -0.2) is 0 Å². The lowest BCUT2D eigenvalue weighted by Gasteiger charge is -2.23. The summed E-state index contributed by atoms with van der Waals surface area (Å²) >= 11 is 0. The van der Waals surface area contributed by atoms with E-state index in [4.69, 9.17) is 15.2 Å². The number of hydrogen-bond donors (Lipinski definition) is 1. The minimum atomic E-state index is -0.0414. The number of aromatic nitrogens is 2. The van der Waals surface area contributed by atoms with Gasteiger partial charge in [0.25, 0.3) is 0 Å². The first-order valence-corrected chi connectivity index (χ1v) is 6.84. The molecule has 0 aliphatic heterocycles. The molecule has 2 rings (SSSR count). The van der Waals surface area contributed by atoms with Crippen LogP contribution in [0.3, 0.4) is 0 Å². The molecule has 114 valence electrons. The van der Waals surface area contributed by atoms with Crippen LogP contribution in [0.2, 0.25) is 0 Å². The average Bonchev–Trinajstić information content (AvgIpc) is 2.76. The summed E-state index contributed by atoms with van der Waals surface area (Å²) in [5.74, 6) is 2.19. The fraction of sp³-hybridized carbons (Fsp3) is 0.438. The molecule has 1 aromatic carbocycles. The van der Waals surface area contributed by atoms with Gasteiger partial charge in [-0.15, -0.1) is 0 Å². The van der Waals surface area contributed by atoms with Crippen LogP contribution < -0.4 is 15.2 Å². The number of ether oxygens (including phenoxy) is 2. The molecule has 1 heterocycles. The lowest BCUT2D eigenvalue weighted by atomic mass is 9.85. The standard InChI is InChI=1S/C16H23N3O2/c1-16(2,3)11-8-13(20-5)10(7-14(11)21-6)12-9-15(17)19(4)18-12/h7-9H,17H2,1-6H3. The van der Waals surface area contributed by atoms with E-state index in [0.717, 1.165) is 28.3 Å². The zero-order valence-corrected chi connectivity index (χ0v) is 13.5. The van der Waals surface area contributed by atoms with Gasteiger partial charge >= 0.3 is 0 Å². The highest BCUT2D eigenvalue weighted by Crippen LogP contribution is 2.40. The van der Waals surface area contributed by atoms with Gasteiger partial charge in [0.05, 0.1) is 19.9 Å². The van der Waals surface area contributed by atoms with Crippen molar-refractivity contribution in [2.45, 2.75) is 26.2 Å². The fourth-order valence-electron chi connectivity index (χ4n) is 2.30. The van der Waals surface area contributed by atoms with Crippen molar-refractivity contribution >= 4 is 5.82 Å². The Morgan fingerprint density at radius 1 is 1.05 bits per heavy atom. The van der Waals surface area contributed by atoms with Gasteiger partial charge in [-0.3, -0.25) is 4.68 Å². The van der Waals surface area contributed by atoms with E-state index in [1.165, 1.54) is 0 Å². The number of aryl methyl sites for hydroxylation is 1. The molecular weight excluding hydrogens is 266 g/mol. The van der Waals surface area contributed by atoms with Crippen molar-refractivity contribution < 1.29 is 9.47 Å². The second kappa shape index (κ2) is 5.31. The van der Waals surface area contributed by atoms with Crippen molar-refractivity contribution in [3.8, 4) is 22.8 Å². The van der Waals surface area contributed by atoms with Gasteiger partial charge in [0, 0.05) is 24.2 Å². The van der Waals surface area contributed by atoms with E-state index >= 15 is 0 Å². The highest BCUT2D eigenvalue weighted by atomic mass is 16.5. The van der Waals surface area contributed by atoms with E-state index in [1.54, 1.807) is 18.9 Å². The van der Waals surface area contributed by atoms with Crippen molar-refractivity contribution in [2.75, 3.05) is 20.0 Å². The smallest absolute Gasteiger partial charge is 0.128 e. The third-order valence-corrected chi connectivity index (χ3v) is 3.52. The van der Waals surface area contributed by atoms with E-state index in [1.807, 2.05) is 25.2 Å². The highest BCUT2D eigenvalue weighted by molar-refractivity contribution is 5.72. The molecule has 0 aliphatic carbocycles. The van der Waals surface area contributed by atoms with Crippen LogP contribution in [-0.4, -0.2) is 24.0 Å². The third kappa shape index (κ3) is 2.82. The van der Waals surface area contributed by atoms with Crippen molar-refractivity contribution in [3.63, 3.8) is 0 Å². The fourth-order valence-corrected chi connectivity index (χ4v) is 2.30. The minimum Gasteiger partial charge on any atom is -0.496 e. The van der Waals surface area contributed by atoms with Crippen molar-refractivity contribution in [2.24, 2.45) is 7.05 Å². The summed E-state index contributed by atoms with van der Waals surface area (Å²) in [6.45, 7) is 6.42. The average molecular weight is 289 g/mol.